The first-order valence-corrected chi connectivity index (χ1v) is 5.88. The predicted octanol–water partition coefficient (Wildman–Crippen LogP) is 2.17. The quantitative estimate of drug-likeness (QED) is 0.465. The molecule has 0 saturated carbocycles. The van der Waals surface area contributed by atoms with Crippen molar-refractivity contribution in [3.05, 3.63) is 41.6 Å². The number of nitrogens with two attached hydrogens (primary N) is 1. The van der Waals surface area contributed by atoms with E-state index in [-0.39, 0.29) is 5.56 Å². The first-order chi connectivity index (χ1) is 9.19. The summed E-state index contributed by atoms with van der Waals surface area (Å²) in [6.07, 6.45) is 9.80. The molecule has 0 bridgehead atoms. The molecule has 1 aromatic rings. The Morgan fingerprint density at radius 2 is 2.00 bits per heavy atom. The van der Waals surface area contributed by atoms with Crippen LogP contribution in [-0.4, -0.2) is 23.8 Å². The maximum absolute atomic E-state index is 10.7. The maximum atomic E-state index is 10.7. The summed E-state index contributed by atoms with van der Waals surface area (Å²) in [6, 6.07) is 6.48. The number of nitrogens with zero attached hydrogens (tertiary/aromatic N) is 1. The molecule has 0 aliphatic carbocycles. The lowest BCUT2D eigenvalue weighted by molar-refractivity contribution is 0.0697. The molecular formula is C15H16N2O2. The molecular weight excluding hydrogens is 240 g/mol. The van der Waals surface area contributed by atoms with Crippen LogP contribution < -0.4 is 5.73 Å². The van der Waals surface area contributed by atoms with Crippen molar-refractivity contribution in [1.29, 1.82) is 0 Å². The third kappa shape index (κ3) is 4.68. The van der Waals surface area contributed by atoms with Crippen molar-refractivity contribution < 1.29 is 9.90 Å². The Hall–Kier alpha value is -2.54. The highest BCUT2D eigenvalue weighted by Gasteiger charge is 2.03. The SMILES string of the molecule is C#CCCCN=C/C(=C\N)c1ccc(C(=O)O)cc1. The molecule has 0 aliphatic rings. The normalized spacial score (nSPS) is 11.4. The average Bonchev–Trinajstić information content (AvgIpc) is 2.43. The summed E-state index contributed by atoms with van der Waals surface area (Å²) in [5.41, 5.74) is 7.36. The predicted molar refractivity (Wildman–Crippen MR) is 77.0 cm³/mol. The van der Waals surface area contributed by atoms with Crippen molar-refractivity contribution in [2.45, 2.75) is 12.8 Å². The Morgan fingerprint density at radius 1 is 1.37 bits per heavy atom. The first-order valence-electron chi connectivity index (χ1n) is 5.88. The van der Waals surface area contributed by atoms with Gasteiger partial charge in [0.1, 0.15) is 0 Å². The number of benzene rings is 1. The molecule has 0 radical (unpaired) electrons. The third-order valence-electron chi connectivity index (χ3n) is 2.48. The summed E-state index contributed by atoms with van der Waals surface area (Å²) >= 11 is 0. The zero-order valence-electron chi connectivity index (χ0n) is 10.5. The van der Waals surface area contributed by atoms with Crippen LogP contribution in [0, 0.1) is 12.3 Å². The van der Waals surface area contributed by atoms with Gasteiger partial charge in [0.2, 0.25) is 0 Å². The largest absolute Gasteiger partial charge is 0.478 e. The van der Waals surface area contributed by atoms with Gasteiger partial charge in [-0.05, 0) is 24.1 Å². The van der Waals surface area contributed by atoms with Crippen LogP contribution in [0.1, 0.15) is 28.8 Å². The van der Waals surface area contributed by atoms with Crippen LogP contribution in [-0.2, 0) is 0 Å². The van der Waals surface area contributed by atoms with Crippen molar-refractivity contribution in [2.75, 3.05) is 6.54 Å². The molecule has 98 valence electrons. The topological polar surface area (TPSA) is 75.7 Å². The van der Waals surface area contributed by atoms with E-state index >= 15 is 0 Å². The fraction of sp³-hybridized carbons (Fsp3) is 0.200. The molecule has 0 amide bonds. The van der Waals surface area contributed by atoms with Gasteiger partial charge < -0.3 is 10.8 Å². The summed E-state index contributed by atoms with van der Waals surface area (Å²) in [7, 11) is 0. The molecule has 0 spiro atoms. The Kier molecular flexibility index (Phi) is 5.90. The van der Waals surface area contributed by atoms with Crippen molar-refractivity contribution >= 4 is 17.8 Å². The van der Waals surface area contributed by atoms with E-state index in [4.69, 9.17) is 17.3 Å². The fourth-order valence-electron chi connectivity index (χ4n) is 1.45. The van der Waals surface area contributed by atoms with E-state index in [0.717, 1.165) is 17.6 Å². The number of unbranched alkanes of at least 4 members (excludes halogenated alkanes) is 1. The van der Waals surface area contributed by atoms with E-state index in [0.29, 0.717) is 13.0 Å². The monoisotopic (exact) mass is 256 g/mol. The second-order valence-corrected chi connectivity index (χ2v) is 3.85. The number of carboxylic acid groups (broad SMARTS) is 1. The Balaban J connectivity index is 2.70. The van der Waals surface area contributed by atoms with Crippen molar-refractivity contribution in [2.24, 2.45) is 10.7 Å². The lowest BCUT2D eigenvalue weighted by atomic mass is 10.1. The second kappa shape index (κ2) is 7.72. The van der Waals surface area contributed by atoms with Gasteiger partial charge in [-0.2, -0.15) is 0 Å². The number of carbonyl (C=O) groups is 1. The van der Waals surface area contributed by atoms with E-state index in [1.54, 1.807) is 18.3 Å². The highest BCUT2D eigenvalue weighted by atomic mass is 16.4. The van der Waals surface area contributed by atoms with Gasteiger partial charge in [0.15, 0.2) is 0 Å². The van der Waals surface area contributed by atoms with E-state index < -0.39 is 5.97 Å². The average molecular weight is 256 g/mol. The highest BCUT2D eigenvalue weighted by molar-refractivity contribution is 6.09. The molecule has 1 rings (SSSR count). The molecule has 0 fully saturated rings. The van der Waals surface area contributed by atoms with Gasteiger partial charge >= 0.3 is 5.97 Å². The zero-order valence-corrected chi connectivity index (χ0v) is 10.5. The van der Waals surface area contributed by atoms with E-state index in [1.807, 2.05) is 0 Å². The number of aromatic carboxylic acids is 1. The third-order valence-corrected chi connectivity index (χ3v) is 2.48. The Labute approximate surface area is 112 Å². The lowest BCUT2D eigenvalue weighted by Crippen LogP contribution is -1.97. The van der Waals surface area contributed by atoms with Gasteiger partial charge in [0.25, 0.3) is 0 Å². The number of allylic oxidation sites excluding steroid dienone is 1. The van der Waals surface area contributed by atoms with Crippen LogP contribution in [0.15, 0.2) is 35.5 Å². The van der Waals surface area contributed by atoms with E-state index in [1.165, 1.54) is 18.3 Å². The number of carboxylic acids is 1. The minimum absolute atomic E-state index is 0.242. The summed E-state index contributed by atoms with van der Waals surface area (Å²) in [4.78, 5) is 15.0. The van der Waals surface area contributed by atoms with Crippen molar-refractivity contribution in [3.8, 4) is 12.3 Å². The minimum atomic E-state index is -0.951. The van der Waals surface area contributed by atoms with Gasteiger partial charge in [-0.15, -0.1) is 12.3 Å². The smallest absolute Gasteiger partial charge is 0.335 e. The molecule has 0 unspecified atom stereocenters. The standard InChI is InChI=1S/C15H16N2O2/c1-2-3-4-9-17-11-14(10-16)12-5-7-13(8-6-12)15(18)19/h1,5-8,10-11H,3-4,9,16H2,(H,18,19)/b14-10+,17-11?. The molecule has 4 heteroatoms. The summed E-state index contributed by atoms with van der Waals surface area (Å²) < 4.78 is 0. The first kappa shape index (κ1) is 14.5. The second-order valence-electron chi connectivity index (χ2n) is 3.85. The van der Waals surface area contributed by atoms with Crippen LogP contribution >= 0.6 is 0 Å². The molecule has 0 aromatic heterocycles. The zero-order chi connectivity index (χ0) is 14.1. The van der Waals surface area contributed by atoms with Gasteiger partial charge in [-0.1, -0.05) is 12.1 Å². The van der Waals surface area contributed by atoms with Crippen LogP contribution in [0.2, 0.25) is 0 Å². The molecule has 0 heterocycles. The number of hydrogen-bond acceptors (Lipinski definition) is 3. The number of rotatable bonds is 6. The van der Waals surface area contributed by atoms with Gasteiger partial charge in [0.05, 0.1) is 5.56 Å². The molecule has 1 aromatic carbocycles. The van der Waals surface area contributed by atoms with Crippen LogP contribution in [0.25, 0.3) is 5.57 Å². The molecule has 19 heavy (non-hydrogen) atoms. The van der Waals surface area contributed by atoms with E-state index in [9.17, 15) is 4.79 Å². The van der Waals surface area contributed by atoms with Crippen LogP contribution in [0.3, 0.4) is 0 Å². The summed E-state index contributed by atoms with van der Waals surface area (Å²) in [5, 5.41) is 8.81. The molecule has 0 saturated heterocycles. The Bertz CT molecular complexity index is 522. The fourth-order valence-corrected chi connectivity index (χ4v) is 1.45. The molecule has 0 aliphatic heterocycles. The lowest BCUT2D eigenvalue weighted by Gasteiger charge is -2.02. The molecule has 3 N–H and O–H groups in total. The van der Waals surface area contributed by atoms with Gasteiger partial charge in [-0.3, -0.25) is 4.99 Å². The number of aliphatic imine (C=N–C) groups is 1. The van der Waals surface area contributed by atoms with Crippen molar-refractivity contribution in [1.82, 2.24) is 0 Å². The number of hydrogen-bond donors (Lipinski definition) is 2. The van der Waals surface area contributed by atoms with Crippen LogP contribution in [0.4, 0.5) is 0 Å². The number of terminal acetylenes is 1. The molecule has 4 nitrogen and oxygen atoms in total. The van der Waals surface area contributed by atoms with Crippen molar-refractivity contribution in [3.63, 3.8) is 0 Å². The summed E-state index contributed by atoms with van der Waals surface area (Å²) in [5.74, 6) is 1.60. The van der Waals surface area contributed by atoms with E-state index in [2.05, 4.69) is 10.9 Å². The maximum Gasteiger partial charge on any atom is 0.335 e. The minimum Gasteiger partial charge on any atom is -0.478 e. The summed E-state index contributed by atoms with van der Waals surface area (Å²) in [6.45, 7) is 0.648. The highest BCUT2D eigenvalue weighted by Crippen LogP contribution is 2.13. The van der Waals surface area contributed by atoms with Gasteiger partial charge in [0, 0.05) is 31.0 Å². The molecule has 0 atom stereocenters. The Morgan fingerprint density at radius 3 is 2.53 bits per heavy atom. The van der Waals surface area contributed by atoms with Gasteiger partial charge in [-0.25, -0.2) is 4.79 Å². The van der Waals surface area contributed by atoms with Crippen LogP contribution in [0.5, 0.6) is 0 Å².